The van der Waals surface area contributed by atoms with Crippen molar-refractivity contribution in [1.29, 1.82) is 0 Å². The smallest absolute Gasteiger partial charge is 0.258 e. The number of Topliss-reactive ketones (excluding diaryl/α,β-unsaturated/α-hetero) is 1. The number of carbonyl (C=O) groups is 2. The van der Waals surface area contributed by atoms with Gasteiger partial charge in [0.05, 0.1) is 11.4 Å². The van der Waals surface area contributed by atoms with E-state index < -0.39 is 0 Å². The quantitative estimate of drug-likeness (QED) is 0.722. The van der Waals surface area contributed by atoms with E-state index in [1.54, 1.807) is 6.07 Å². The first-order valence-electron chi connectivity index (χ1n) is 10.1. The van der Waals surface area contributed by atoms with Crippen molar-refractivity contribution < 1.29 is 9.59 Å². The third-order valence-corrected chi connectivity index (χ3v) is 5.80. The van der Waals surface area contributed by atoms with E-state index in [4.69, 9.17) is 11.6 Å². The van der Waals surface area contributed by atoms with Crippen LogP contribution in [0, 0.1) is 0 Å². The summed E-state index contributed by atoms with van der Waals surface area (Å²) in [6.45, 7) is 2.33. The summed E-state index contributed by atoms with van der Waals surface area (Å²) in [7, 11) is 4.02. The first-order chi connectivity index (χ1) is 14.5. The summed E-state index contributed by atoms with van der Waals surface area (Å²) in [5.41, 5.74) is 3.11. The van der Waals surface area contributed by atoms with E-state index in [0.29, 0.717) is 30.4 Å². The van der Waals surface area contributed by atoms with Crippen LogP contribution in [-0.4, -0.2) is 50.3 Å². The molecule has 0 aromatic heterocycles. The number of carbonyl (C=O) groups excluding carboxylic acids is 2. The summed E-state index contributed by atoms with van der Waals surface area (Å²) < 4.78 is 0. The number of nitrogens with one attached hydrogen (secondary N) is 1. The molecule has 6 nitrogen and oxygen atoms in total. The Morgan fingerprint density at radius 1 is 1.10 bits per heavy atom. The number of hydrogen-bond donors (Lipinski definition) is 1. The second kappa shape index (κ2) is 8.50. The molecule has 1 N–H and O–H groups in total. The van der Waals surface area contributed by atoms with Gasteiger partial charge in [0, 0.05) is 37.6 Å². The van der Waals surface area contributed by atoms with Gasteiger partial charge < -0.3 is 20.0 Å². The number of nitrogens with zero attached hydrogens (tertiary/aromatic N) is 3. The van der Waals surface area contributed by atoms with Gasteiger partial charge in [0.15, 0.2) is 5.78 Å². The first kappa shape index (κ1) is 20.4. The Balaban J connectivity index is 1.69. The van der Waals surface area contributed by atoms with Crippen molar-refractivity contribution in [2.45, 2.75) is 13.0 Å². The maximum Gasteiger partial charge on any atom is 0.258 e. The van der Waals surface area contributed by atoms with E-state index in [0.717, 1.165) is 23.5 Å². The molecule has 156 valence electrons. The van der Waals surface area contributed by atoms with Crippen LogP contribution in [0.1, 0.15) is 12.0 Å². The minimum absolute atomic E-state index is 0.124. The van der Waals surface area contributed by atoms with Gasteiger partial charge in [0.2, 0.25) is 0 Å². The number of rotatable bonds is 6. The van der Waals surface area contributed by atoms with Gasteiger partial charge in [-0.1, -0.05) is 41.9 Å². The zero-order valence-corrected chi connectivity index (χ0v) is 17.9. The molecule has 2 aliphatic rings. The van der Waals surface area contributed by atoms with Crippen LogP contribution in [0.4, 0.5) is 11.4 Å². The van der Waals surface area contributed by atoms with Crippen LogP contribution in [0.5, 0.6) is 0 Å². The fourth-order valence-electron chi connectivity index (χ4n) is 3.91. The van der Waals surface area contributed by atoms with Crippen molar-refractivity contribution in [2.24, 2.45) is 0 Å². The minimum atomic E-state index is -0.359. The van der Waals surface area contributed by atoms with E-state index in [-0.39, 0.29) is 23.8 Å². The number of anilines is 2. The number of para-hydroxylation sites is 2. The number of likely N-dealkylation sites (N-methyl/N-ethyl adjacent to an activating group) is 1. The SMILES string of the molecule is CN(C)CCN1C2=C(C(=O)NCc3ccccc3Cl)C(=O)CCN2c2ccccc21. The summed E-state index contributed by atoms with van der Waals surface area (Å²) >= 11 is 6.21. The van der Waals surface area contributed by atoms with Gasteiger partial charge >= 0.3 is 0 Å². The molecule has 4 rings (SSSR count). The van der Waals surface area contributed by atoms with Gasteiger partial charge in [-0.2, -0.15) is 0 Å². The van der Waals surface area contributed by atoms with Gasteiger partial charge in [-0.15, -0.1) is 0 Å². The monoisotopic (exact) mass is 424 g/mol. The number of ketones is 1. The van der Waals surface area contributed by atoms with Gasteiger partial charge in [0.1, 0.15) is 11.4 Å². The average Bonchev–Trinajstić information content (AvgIpc) is 3.05. The number of benzene rings is 2. The van der Waals surface area contributed by atoms with Crippen LogP contribution in [-0.2, 0) is 16.1 Å². The van der Waals surface area contributed by atoms with E-state index in [1.165, 1.54) is 0 Å². The second-order valence-corrected chi connectivity index (χ2v) is 8.15. The summed E-state index contributed by atoms with van der Waals surface area (Å²) in [5, 5.41) is 3.49. The van der Waals surface area contributed by atoms with Crippen molar-refractivity contribution >= 4 is 34.7 Å². The Morgan fingerprint density at radius 2 is 1.80 bits per heavy atom. The Hall–Kier alpha value is -2.83. The summed E-state index contributed by atoms with van der Waals surface area (Å²) in [6.07, 6.45) is 0.314. The molecule has 7 heteroatoms. The maximum atomic E-state index is 13.2. The highest BCUT2D eigenvalue weighted by Crippen LogP contribution is 2.44. The predicted octanol–water partition coefficient (Wildman–Crippen LogP) is 3.03. The Morgan fingerprint density at radius 3 is 2.53 bits per heavy atom. The Labute approximate surface area is 181 Å². The van der Waals surface area contributed by atoms with Crippen LogP contribution in [0.15, 0.2) is 59.9 Å². The van der Waals surface area contributed by atoms with Crippen molar-refractivity contribution in [3.63, 3.8) is 0 Å². The third kappa shape index (κ3) is 3.80. The Bertz CT molecular complexity index is 1020. The molecule has 0 saturated carbocycles. The van der Waals surface area contributed by atoms with Gasteiger partial charge in [-0.05, 0) is 37.9 Å². The third-order valence-electron chi connectivity index (χ3n) is 5.43. The van der Waals surface area contributed by atoms with E-state index >= 15 is 0 Å². The normalized spacial score (nSPS) is 15.5. The van der Waals surface area contributed by atoms with Gasteiger partial charge in [-0.25, -0.2) is 0 Å². The molecule has 2 aromatic carbocycles. The molecule has 0 aliphatic carbocycles. The molecule has 2 aromatic rings. The molecular weight excluding hydrogens is 400 g/mol. The molecule has 30 heavy (non-hydrogen) atoms. The van der Waals surface area contributed by atoms with Gasteiger partial charge in [0.25, 0.3) is 5.91 Å². The lowest BCUT2D eigenvalue weighted by Crippen LogP contribution is -2.43. The fourth-order valence-corrected chi connectivity index (χ4v) is 4.12. The summed E-state index contributed by atoms with van der Waals surface area (Å²) in [6, 6.07) is 15.4. The van der Waals surface area contributed by atoms with Crippen LogP contribution in [0.3, 0.4) is 0 Å². The molecule has 0 unspecified atom stereocenters. The number of halogens is 1. The molecule has 0 atom stereocenters. The summed E-state index contributed by atoms with van der Waals surface area (Å²) in [5.74, 6) is 0.203. The molecule has 2 aliphatic heterocycles. The average molecular weight is 425 g/mol. The molecule has 0 spiro atoms. The van der Waals surface area contributed by atoms with Crippen LogP contribution in [0.2, 0.25) is 5.02 Å². The highest BCUT2D eigenvalue weighted by molar-refractivity contribution is 6.31. The number of amides is 1. The van der Waals surface area contributed by atoms with E-state index in [1.807, 2.05) is 56.6 Å². The minimum Gasteiger partial charge on any atom is -0.348 e. The largest absolute Gasteiger partial charge is 0.348 e. The topological polar surface area (TPSA) is 55.9 Å². The Kier molecular flexibility index (Phi) is 5.79. The highest BCUT2D eigenvalue weighted by atomic mass is 35.5. The van der Waals surface area contributed by atoms with Crippen molar-refractivity contribution in [2.75, 3.05) is 43.5 Å². The highest BCUT2D eigenvalue weighted by Gasteiger charge is 2.40. The van der Waals surface area contributed by atoms with Crippen LogP contribution < -0.4 is 15.1 Å². The maximum absolute atomic E-state index is 13.2. The van der Waals surface area contributed by atoms with Crippen molar-refractivity contribution in [1.82, 2.24) is 10.2 Å². The first-order valence-corrected chi connectivity index (χ1v) is 10.4. The summed E-state index contributed by atoms with van der Waals surface area (Å²) in [4.78, 5) is 32.3. The predicted molar refractivity (Wildman–Crippen MR) is 120 cm³/mol. The standard InChI is InChI=1S/C23H25ClN4O2/c1-26(2)13-14-28-19-10-6-5-9-18(19)27-12-11-20(29)21(23(27)28)22(30)25-15-16-7-3-4-8-17(16)24/h3-10H,11-15H2,1-2H3,(H,25,30). The molecular formula is C23H25ClN4O2. The number of fused-ring (bicyclic) bond motifs is 3. The van der Waals surface area contributed by atoms with Crippen molar-refractivity contribution in [3.8, 4) is 0 Å². The lowest BCUT2D eigenvalue weighted by Gasteiger charge is -2.31. The lowest BCUT2D eigenvalue weighted by molar-refractivity contribution is -0.123. The second-order valence-electron chi connectivity index (χ2n) is 7.74. The molecule has 0 bridgehead atoms. The van der Waals surface area contributed by atoms with E-state index in [2.05, 4.69) is 20.0 Å². The van der Waals surface area contributed by atoms with Crippen molar-refractivity contribution in [3.05, 3.63) is 70.5 Å². The van der Waals surface area contributed by atoms with Crippen LogP contribution >= 0.6 is 11.6 Å². The molecule has 1 amide bonds. The zero-order chi connectivity index (χ0) is 21.3. The molecule has 0 saturated heterocycles. The molecule has 0 radical (unpaired) electrons. The zero-order valence-electron chi connectivity index (χ0n) is 17.2. The molecule has 2 heterocycles. The van der Waals surface area contributed by atoms with Crippen LogP contribution in [0.25, 0.3) is 0 Å². The fraction of sp³-hybridized carbons (Fsp3) is 0.304. The van der Waals surface area contributed by atoms with E-state index in [9.17, 15) is 9.59 Å². The molecule has 0 fully saturated rings. The van der Waals surface area contributed by atoms with Gasteiger partial charge in [-0.3, -0.25) is 9.59 Å². The lowest BCUT2D eigenvalue weighted by atomic mass is 10.0. The number of hydrogen-bond acceptors (Lipinski definition) is 5.